The van der Waals surface area contributed by atoms with Gasteiger partial charge in [0.1, 0.15) is 0 Å². The van der Waals surface area contributed by atoms with Crippen molar-refractivity contribution in [1.82, 2.24) is 24.9 Å². The first-order chi connectivity index (χ1) is 26.7. The molecule has 0 unspecified atom stereocenters. The van der Waals surface area contributed by atoms with E-state index in [4.69, 9.17) is 27.5 Å². The number of nitrogens with zero attached hydrogens (tertiary/aromatic N) is 4. The summed E-state index contributed by atoms with van der Waals surface area (Å²) in [6.07, 6.45) is 1.91. The zero-order valence-corrected chi connectivity index (χ0v) is 36.0. The van der Waals surface area contributed by atoms with E-state index in [2.05, 4.69) is 49.2 Å². The van der Waals surface area contributed by atoms with E-state index in [0.29, 0.717) is 78.5 Å². The van der Waals surface area contributed by atoms with E-state index >= 15 is 0 Å². The van der Waals surface area contributed by atoms with E-state index in [1.165, 1.54) is 11.1 Å². The normalized spacial score (nSPS) is 16.0. The number of ether oxygens (including phenoxy) is 3. The summed E-state index contributed by atoms with van der Waals surface area (Å²) in [4.78, 5) is 46.3. The first kappa shape index (κ1) is 48.7. The van der Waals surface area contributed by atoms with E-state index in [9.17, 15) is 14.4 Å². The Bertz CT molecular complexity index is 1130. The fourth-order valence-corrected chi connectivity index (χ4v) is 9.15. The minimum Gasteiger partial charge on any atom is -0.466 e. The van der Waals surface area contributed by atoms with Gasteiger partial charge in [0.15, 0.2) is 0 Å². The van der Waals surface area contributed by atoms with Crippen molar-refractivity contribution >= 4 is 26.7 Å². The molecule has 55 heavy (non-hydrogen) atoms. The van der Waals surface area contributed by atoms with Crippen molar-refractivity contribution in [2.75, 3.05) is 118 Å². The van der Waals surface area contributed by atoms with Gasteiger partial charge in [-0.2, -0.15) is 0 Å². The molecule has 0 saturated carbocycles. The van der Waals surface area contributed by atoms with Crippen LogP contribution in [0.25, 0.3) is 0 Å². The van der Waals surface area contributed by atoms with E-state index < -0.39 is 8.80 Å². The van der Waals surface area contributed by atoms with Gasteiger partial charge in [-0.1, -0.05) is 24.3 Å². The molecule has 316 valence electrons. The predicted molar refractivity (Wildman–Crippen MR) is 217 cm³/mol. The van der Waals surface area contributed by atoms with Gasteiger partial charge >= 0.3 is 26.7 Å². The molecule has 1 aliphatic heterocycles. The highest BCUT2D eigenvalue weighted by Gasteiger charge is 2.39. The molecule has 0 aliphatic carbocycles. The molecule has 0 aromatic heterocycles. The monoisotopic (exact) mass is 796 g/mol. The standard InChI is InChI=1S/C40H73N5O9Si/c1-7-49-38(46)18-22-42-25-27-43(23-19-39(47)50-8-2)29-31-45(32-30-44(28-26-42)24-20-40(48)51-9-3)35-37-16-14-36(15-17-37)34-41-21-13-33-55(52-10-4,53-11-5)54-12-6/h14-17,41H,7-13,18-35H2,1-6H3. The highest BCUT2D eigenvalue weighted by molar-refractivity contribution is 6.60. The van der Waals surface area contributed by atoms with Gasteiger partial charge in [0.2, 0.25) is 0 Å². The Hall–Kier alpha value is -2.47. The number of rotatable bonds is 26. The van der Waals surface area contributed by atoms with Crippen LogP contribution in [0.1, 0.15) is 78.4 Å². The summed E-state index contributed by atoms with van der Waals surface area (Å²) in [6, 6.07) is 9.60. The number of carbonyl (C=O) groups excluding carboxylic acids is 3. The van der Waals surface area contributed by atoms with Crippen LogP contribution >= 0.6 is 0 Å². The lowest BCUT2D eigenvalue weighted by molar-refractivity contribution is -0.144. The van der Waals surface area contributed by atoms with Crippen LogP contribution in [0.4, 0.5) is 0 Å². The molecule has 0 atom stereocenters. The maximum Gasteiger partial charge on any atom is 0.500 e. The van der Waals surface area contributed by atoms with E-state index in [1.54, 1.807) is 0 Å². The van der Waals surface area contributed by atoms with Gasteiger partial charge in [-0.3, -0.25) is 19.3 Å². The van der Waals surface area contributed by atoms with Crippen molar-refractivity contribution in [3.05, 3.63) is 35.4 Å². The molecule has 1 aliphatic rings. The van der Waals surface area contributed by atoms with Gasteiger partial charge in [-0.05, 0) is 65.6 Å². The van der Waals surface area contributed by atoms with Gasteiger partial charge in [-0.15, -0.1) is 0 Å². The first-order valence-corrected chi connectivity index (χ1v) is 22.7. The minimum absolute atomic E-state index is 0.187. The van der Waals surface area contributed by atoms with Crippen LogP contribution in [-0.4, -0.2) is 164 Å². The minimum atomic E-state index is -2.63. The third-order valence-corrected chi connectivity index (χ3v) is 12.6. The van der Waals surface area contributed by atoms with Gasteiger partial charge in [-0.25, -0.2) is 0 Å². The van der Waals surface area contributed by atoms with Crippen molar-refractivity contribution in [1.29, 1.82) is 0 Å². The molecule has 1 fully saturated rings. The van der Waals surface area contributed by atoms with Gasteiger partial charge in [0, 0.05) is 111 Å². The molecular formula is C40H73N5O9Si. The van der Waals surface area contributed by atoms with Crippen LogP contribution < -0.4 is 5.32 Å². The molecule has 2 rings (SSSR count). The highest BCUT2D eigenvalue weighted by Crippen LogP contribution is 2.18. The smallest absolute Gasteiger partial charge is 0.466 e. The molecule has 1 heterocycles. The lowest BCUT2D eigenvalue weighted by Gasteiger charge is -2.34. The number of benzene rings is 1. The van der Waals surface area contributed by atoms with Crippen LogP contribution in [0.15, 0.2) is 24.3 Å². The molecule has 1 saturated heterocycles. The SMILES string of the molecule is CCOC(=O)CCN1CCN(CCC(=O)OCC)CCN(Cc2ccc(CNCCC[Si](OCC)(OCC)OCC)cc2)CCN(CCC(=O)OCC)CC1. The molecule has 0 amide bonds. The molecule has 0 radical (unpaired) electrons. The Morgan fingerprint density at radius 1 is 0.545 bits per heavy atom. The Labute approximate surface area is 332 Å². The summed E-state index contributed by atoms with van der Waals surface area (Å²) in [6.45, 7) is 24.7. The topological polar surface area (TPSA) is 132 Å². The molecule has 14 nitrogen and oxygen atoms in total. The number of carbonyl (C=O) groups is 3. The number of hydrogen-bond donors (Lipinski definition) is 1. The van der Waals surface area contributed by atoms with Crippen molar-refractivity contribution in [3.8, 4) is 0 Å². The average Bonchev–Trinajstić information content (AvgIpc) is 3.16. The second-order valence-electron chi connectivity index (χ2n) is 13.5. The Morgan fingerprint density at radius 3 is 1.27 bits per heavy atom. The molecule has 0 spiro atoms. The predicted octanol–water partition coefficient (Wildman–Crippen LogP) is 3.80. The van der Waals surface area contributed by atoms with Gasteiger partial charge in [0.05, 0.1) is 39.1 Å². The molecule has 1 N–H and O–H groups in total. The summed E-state index contributed by atoms with van der Waals surface area (Å²) in [7, 11) is -2.63. The lowest BCUT2D eigenvalue weighted by atomic mass is 10.1. The third kappa shape index (κ3) is 21.6. The second kappa shape index (κ2) is 29.7. The second-order valence-corrected chi connectivity index (χ2v) is 16.3. The van der Waals surface area contributed by atoms with Crippen molar-refractivity contribution < 1.29 is 41.9 Å². The van der Waals surface area contributed by atoms with Gasteiger partial charge < -0.3 is 47.5 Å². The summed E-state index contributed by atoms with van der Waals surface area (Å²) in [5, 5.41) is 3.57. The highest BCUT2D eigenvalue weighted by atomic mass is 28.4. The maximum absolute atomic E-state index is 12.3. The molecule has 0 bridgehead atoms. The van der Waals surface area contributed by atoms with Crippen LogP contribution in [0, 0.1) is 0 Å². The summed E-state index contributed by atoms with van der Waals surface area (Å²) >= 11 is 0. The Balaban J connectivity index is 2.10. The zero-order chi connectivity index (χ0) is 40.2. The zero-order valence-electron chi connectivity index (χ0n) is 35.0. The maximum atomic E-state index is 12.3. The molecular weight excluding hydrogens is 723 g/mol. The average molecular weight is 796 g/mol. The number of hydrogen-bond acceptors (Lipinski definition) is 14. The summed E-state index contributed by atoms with van der Waals surface area (Å²) < 4.78 is 33.7. The van der Waals surface area contributed by atoms with Crippen molar-refractivity contribution in [2.45, 2.75) is 86.4 Å². The molecule has 1 aromatic rings. The number of esters is 3. The largest absolute Gasteiger partial charge is 0.500 e. The number of nitrogens with one attached hydrogen (secondary N) is 1. The van der Waals surface area contributed by atoms with Crippen LogP contribution in [-0.2, 0) is 55.0 Å². The summed E-state index contributed by atoms with van der Waals surface area (Å²) in [5.41, 5.74) is 2.46. The summed E-state index contributed by atoms with van der Waals surface area (Å²) in [5.74, 6) is -0.575. The quantitative estimate of drug-likeness (QED) is 0.0632. The van der Waals surface area contributed by atoms with E-state index in [0.717, 1.165) is 84.5 Å². The lowest BCUT2D eigenvalue weighted by Crippen LogP contribution is -2.46. The van der Waals surface area contributed by atoms with Gasteiger partial charge in [0.25, 0.3) is 0 Å². The molecule has 15 heteroatoms. The van der Waals surface area contributed by atoms with Crippen molar-refractivity contribution in [2.24, 2.45) is 0 Å². The third-order valence-electron chi connectivity index (χ3n) is 9.43. The fourth-order valence-electron chi connectivity index (χ4n) is 6.54. The Kier molecular flexibility index (Phi) is 26.3. The first-order valence-electron chi connectivity index (χ1n) is 20.8. The van der Waals surface area contributed by atoms with Crippen LogP contribution in [0.2, 0.25) is 6.04 Å². The van der Waals surface area contributed by atoms with Crippen molar-refractivity contribution in [3.63, 3.8) is 0 Å². The van der Waals surface area contributed by atoms with Crippen LogP contribution in [0.5, 0.6) is 0 Å². The van der Waals surface area contributed by atoms with E-state index in [-0.39, 0.29) is 17.9 Å². The van der Waals surface area contributed by atoms with Crippen LogP contribution in [0.3, 0.4) is 0 Å². The fraction of sp³-hybridized carbons (Fsp3) is 0.775. The molecule has 1 aromatic carbocycles. The van der Waals surface area contributed by atoms with E-state index in [1.807, 2.05) is 41.5 Å². The Morgan fingerprint density at radius 2 is 0.909 bits per heavy atom.